The Morgan fingerprint density at radius 3 is 2.72 bits per heavy atom. The molecule has 0 unspecified atom stereocenters. The first-order valence-electron chi connectivity index (χ1n) is 5.04. The van der Waals surface area contributed by atoms with Crippen molar-refractivity contribution in [2.45, 2.75) is 0 Å². The SMILES string of the molecule is Nc1nn2c(=O)c(-c3ccccc3N)nnc2s1. The smallest absolute Gasteiger partial charge is 0.302 e. The van der Waals surface area contributed by atoms with E-state index in [4.69, 9.17) is 11.5 Å². The summed E-state index contributed by atoms with van der Waals surface area (Å²) in [4.78, 5) is 12.5. The lowest BCUT2D eigenvalue weighted by molar-refractivity contribution is 0.863. The molecule has 2 heterocycles. The third-order valence-corrected chi connectivity index (χ3v) is 3.15. The van der Waals surface area contributed by atoms with Crippen LogP contribution in [0, 0.1) is 0 Å². The van der Waals surface area contributed by atoms with Gasteiger partial charge in [0, 0.05) is 11.3 Å². The van der Waals surface area contributed by atoms with Crippen molar-refractivity contribution in [3.05, 3.63) is 34.6 Å². The summed E-state index contributed by atoms with van der Waals surface area (Å²) in [6, 6.07) is 6.96. The average Bonchev–Trinajstić information content (AvgIpc) is 2.73. The molecule has 8 heteroatoms. The van der Waals surface area contributed by atoms with Crippen LogP contribution in [0.4, 0.5) is 10.8 Å². The summed E-state index contributed by atoms with van der Waals surface area (Å²) in [6.45, 7) is 0. The molecule has 0 saturated carbocycles. The maximum Gasteiger partial charge on any atom is 0.302 e. The zero-order valence-corrected chi connectivity index (χ0v) is 9.89. The Morgan fingerprint density at radius 1 is 1.17 bits per heavy atom. The number of rotatable bonds is 1. The van der Waals surface area contributed by atoms with Crippen molar-refractivity contribution in [2.24, 2.45) is 0 Å². The van der Waals surface area contributed by atoms with E-state index < -0.39 is 0 Å². The van der Waals surface area contributed by atoms with Crippen molar-refractivity contribution < 1.29 is 0 Å². The molecule has 1 aromatic carbocycles. The van der Waals surface area contributed by atoms with Crippen LogP contribution in [0.1, 0.15) is 0 Å². The summed E-state index contributed by atoms with van der Waals surface area (Å²) in [5.41, 5.74) is 12.1. The van der Waals surface area contributed by atoms with Crippen LogP contribution in [0.15, 0.2) is 29.1 Å². The molecule has 0 spiro atoms. The number of nitrogens with zero attached hydrogens (tertiary/aromatic N) is 4. The maximum atomic E-state index is 12.2. The molecule has 0 fully saturated rings. The molecule has 2 aromatic heterocycles. The van der Waals surface area contributed by atoms with Gasteiger partial charge >= 0.3 is 5.56 Å². The molecule has 3 rings (SSSR count). The highest BCUT2D eigenvalue weighted by atomic mass is 32.1. The van der Waals surface area contributed by atoms with Crippen LogP contribution in [0.25, 0.3) is 16.2 Å². The number of aromatic nitrogens is 4. The quantitative estimate of drug-likeness (QED) is 0.611. The molecule has 0 amide bonds. The molecule has 0 bridgehead atoms. The van der Waals surface area contributed by atoms with Crippen molar-refractivity contribution in [1.82, 2.24) is 19.8 Å². The highest BCUT2D eigenvalue weighted by Crippen LogP contribution is 2.21. The van der Waals surface area contributed by atoms with Crippen LogP contribution in [0.3, 0.4) is 0 Å². The Morgan fingerprint density at radius 2 is 1.94 bits per heavy atom. The highest BCUT2D eigenvalue weighted by Gasteiger charge is 2.13. The summed E-state index contributed by atoms with van der Waals surface area (Å²) in [5.74, 6) is 0. The van der Waals surface area contributed by atoms with Crippen molar-refractivity contribution >= 4 is 27.1 Å². The van der Waals surface area contributed by atoms with Crippen LogP contribution in [-0.4, -0.2) is 19.8 Å². The molecular formula is C10H8N6OS. The molecule has 0 atom stereocenters. The number of benzene rings is 1. The van der Waals surface area contributed by atoms with E-state index in [0.29, 0.717) is 16.2 Å². The standard InChI is InChI=1S/C10H8N6OS/c11-6-4-2-1-3-5(6)7-8(17)16-10(14-13-7)18-9(12)15-16/h1-4H,11H2,(H2,12,15). The van der Waals surface area contributed by atoms with E-state index in [1.807, 2.05) is 0 Å². The van der Waals surface area contributed by atoms with E-state index in [1.54, 1.807) is 24.3 Å². The van der Waals surface area contributed by atoms with Crippen LogP contribution in [0.2, 0.25) is 0 Å². The van der Waals surface area contributed by atoms with Crippen molar-refractivity contribution in [3.8, 4) is 11.3 Å². The van der Waals surface area contributed by atoms with E-state index >= 15 is 0 Å². The molecule has 3 aromatic rings. The van der Waals surface area contributed by atoms with Gasteiger partial charge < -0.3 is 11.5 Å². The van der Waals surface area contributed by atoms with Gasteiger partial charge in [-0.15, -0.1) is 15.3 Å². The number of fused-ring (bicyclic) bond motifs is 1. The molecule has 0 aliphatic rings. The van der Waals surface area contributed by atoms with Crippen LogP contribution < -0.4 is 17.0 Å². The van der Waals surface area contributed by atoms with Gasteiger partial charge in [0.2, 0.25) is 10.1 Å². The van der Waals surface area contributed by atoms with Gasteiger partial charge in [-0.1, -0.05) is 29.5 Å². The zero-order valence-electron chi connectivity index (χ0n) is 9.07. The Bertz CT molecular complexity index is 792. The maximum absolute atomic E-state index is 12.2. The fraction of sp³-hybridized carbons (Fsp3) is 0. The molecule has 7 nitrogen and oxygen atoms in total. The first-order valence-corrected chi connectivity index (χ1v) is 5.85. The van der Waals surface area contributed by atoms with Gasteiger partial charge in [0.1, 0.15) is 0 Å². The topological polar surface area (TPSA) is 112 Å². The lowest BCUT2D eigenvalue weighted by Crippen LogP contribution is -2.19. The van der Waals surface area contributed by atoms with E-state index in [9.17, 15) is 4.79 Å². The van der Waals surface area contributed by atoms with E-state index in [-0.39, 0.29) is 16.4 Å². The number of anilines is 2. The van der Waals surface area contributed by atoms with Gasteiger partial charge in [0.15, 0.2) is 5.69 Å². The Labute approximate surface area is 105 Å². The van der Waals surface area contributed by atoms with Crippen molar-refractivity contribution in [2.75, 3.05) is 11.5 Å². The molecule has 18 heavy (non-hydrogen) atoms. The van der Waals surface area contributed by atoms with E-state index in [2.05, 4.69) is 15.3 Å². The number of nitrogens with two attached hydrogens (primary N) is 2. The summed E-state index contributed by atoms with van der Waals surface area (Å²) in [7, 11) is 0. The van der Waals surface area contributed by atoms with Gasteiger partial charge in [-0.05, 0) is 6.07 Å². The largest absolute Gasteiger partial charge is 0.398 e. The molecule has 0 aliphatic carbocycles. The normalized spacial score (nSPS) is 10.9. The van der Waals surface area contributed by atoms with E-state index in [1.165, 1.54) is 0 Å². The van der Waals surface area contributed by atoms with Crippen LogP contribution in [0.5, 0.6) is 0 Å². The number of nitrogen functional groups attached to an aromatic ring is 2. The van der Waals surface area contributed by atoms with E-state index in [0.717, 1.165) is 15.9 Å². The highest BCUT2D eigenvalue weighted by molar-refractivity contribution is 7.20. The van der Waals surface area contributed by atoms with Gasteiger partial charge in [0.05, 0.1) is 0 Å². The van der Waals surface area contributed by atoms with Gasteiger partial charge in [-0.2, -0.15) is 4.52 Å². The minimum atomic E-state index is -0.383. The predicted octanol–water partition coefficient (Wildman–Crippen LogP) is 0.377. The second-order valence-corrected chi connectivity index (χ2v) is 4.56. The van der Waals surface area contributed by atoms with Gasteiger partial charge in [0.25, 0.3) is 0 Å². The summed E-state index contributed by atoms with van der Waals surface area (Å²) >= 11 is 1.10. The third-order valence-electron chi connectivity index (χ3n) is 2.42. The number of hydrogen-bond acceptors (Lipinski definition) is 7. The molecule has 4 N–H and O–H groups in total. The first kappa shape index (κ1) is 10.7. The fourth-order valence-electron chi connectivity index (χ4n) is 1.61. The van der Waals surface area contributed by atoms with Crippen LogP contribution >= 0.6 is 11.3 Å². The van der Waals surface area contributed by atoms with Gasteiger partial charge in [-0.3, -0.25) is 4.79 Å². The second-order valence-electron chi connectivity index (χ2n) is 3.58. The monoisotopic (exact) mass is 260 g/mol. The number of para-hydroxylation sites is 1. The predicted molar refractivity (Wildman–Crippen MR) is 69.2 cm³/mol. The molecular weight excluding hydrogens is 252 g/mol. The minimum Gasteiger partial charge on any atom is -0.398 e. The zero-order chi connectivity index (χ0) is 12.7. The minimum absolute atomic E-state index is 0.163. The molecule has 0 saturated heterocycles. The Balaban J connectivity index is 2.34. The number of hydrogen-bond donors (Lipinski definition) is 2. The van der Waals surface area contributed by atoms with Crippen LogP contribution in [-0.2, 0) is 0 Å². The lowest BCUT2D eigenvalue weighted by atomic mass is 10.1. The Kier molecular flexibility index (Phi) is 2.23. The van der Waals surface area contributed by atoms with Crippen molar-refractivity contribution in [1.29, 1.82) is 0 Å². The average molecular weight is 260 g/mol. The van der Waals surface area contributed by atoms with Crippen molar-refractivity contribution in [3.63, 3.8) is 0 Å². The molecule has 0 radical (unpaired) electrons. The second kappa shape index (κ2) is 3.77. The summed E-state index contributed by atoms with van der Waals surface area (Å²) in [6.07, 6.45) is 0. The molecule has 90 valence electrons. The molecule has 0 aliphatic heterocycles. The lowest BCUT2D eigenvalue weighted by Gasteiger charge is -2.02. The fourth-order valence-corrected chi connectivity index (χ4v) is 2.21. The first-order chi connectivity index (χ1) is 8.66. The summed E-state index contributed by atoms with van der Waals surface area (Å²) in [5, 5.41) is 12.0. The summed E-state index contributed by atoms with van der Waals surface area (Å²) < 4.78 is 1.13. The third kappa shape index (κ3) is 1.51. The Hall–Kier alpha value is -2.48. The van der Waals surface area contributed by atoms with Gasteiger partial charge in [-0.25, -0.2) is 0 Å².